The number of carbonyl (C=O) groups excluding carboxylic acids is 1. The smallest absolute Gasteiger partial charge is 0.337 e. The minimum atomic E-state index is -0.302. The summed E-state index contributed by atoms with van der Waals surface area (Å²) in [6.45, 7) is 1.63. The van der Waals surface area contributed by atoms with Gasteiger partial charge >= 0.3 is 5.97 Å². The van der Waals surface area contributed by atoms with Crippen molar-refractivity contribution < 1.29 is 9.53 Å². The van der Waals surface area contributed by atoms with Crippen molar-refractivity contribution in [1.82, 2.24) is 9.47 Å². The average Bonchev–Trinajstić information content (AvgIpc) is 2.91. The summed E-state index contributed by atoms with van der Waals surface area (Å²) in [6, 6.07) is 16.1. The maximum Gasteiger partial charge on any atom is 0.337 e. The van der Waals surface area contributed by atoms with Crippen molar-refractivity contribution in [3.63, 3.8) is 0 Å². The minimum Gasteiger partial charge on any atom is -0.465 e. The molecule has 3 aromatic rings. The van der Waals surface area contributed by atoms with Gasteiger partial charge < -0.3 is 14.2 Å². The molecule has 2 aromatic carbocycles. The Kier molecular flexibility index (Phi) is 4.67. The monoisotopic (exact) mass is 322 g/mol. The Balaban J connectivity index is 2.07. The molecule has 0 saturated carbocycles. The zero-order valence-electron chi connectivity index (χ0n) is 14.3. The molecular formula is C20H22N2O2. The number of carbonyl (C=O) groups is 1. The van der Waals surface area contributed by atoms with Crippen molar-refractivity contribution in [3.8, 4) is 0 Å². The number of methoxy groups -OCH3 is 1. The van der Waals surface area contributed by atoms with Crippen molar-refractivity contribution in [3.05, 3.63) is 71.4 Å². The maximum atomic E-state index is 11.8. The zero-order chi connectivity index (χ0) is 17.1. The van der Waals surface area contributed by atoms with Gasteiger partial charge in [0.2, 0.25) is 0 Å². The van der Waals surface area contributed by atoms with Crippen LogP contribution in [0.1, 0.15) is 21.5 Å². The molecule has 4 nitrogen and oxygen atoms in total. The predicted molar refractivity (Wildman–Crippen MR) is 96.2 cm³/mol. The van der Waals surface area contributed by atoms with Crippen LogP contribution in [0.4, 0.5) is 0 Å². The highest BCUT2D eigenvalue weighted by atomic mass is 16.5. The van der Waals surface area contributed by atoms with E-state index in [-0.39, 0.29) is 5.97 Å². The third-order valence-electron chi connectivity index (χ3n) is 4.07. The molecule has 0 fully saturated rings. The number of fused-ring (bicyclic) bond motifs is 1. The van der Waals surface area contributed by atoms with Gasteiger partial charge in [-0.1, -0.05) is 30.3 Å². The Bertz CT molecular complexity index is 851. The van der Waals surface area contributed by atoms with E-state index in [2.05, 4.69) is 39.9 Å². The largest absolute Gasteiger partial charge is 0.465 e. The molecule has 0 radical (unpaired) electrons. The summed E-state index contributed by atoms with van der Waals surface area (Å²) in [5, 5.41) is 1.10. The second-order valence-corrected chi connectivity index (χ2v) is 6.23. The van der Waals surface area contributed by atoms with E-state index in [1.807, 2.05) is 38.4 Å². The molecule has 0 amide bonds. The highest BCUT2D eigenvalue weighted by Gasteiger charge is 2.13. The second-order valence-electron chi connectivity index (χ2n) is 6.23. The number of hydrogen-bond donors (Lipinski definition) is 0. The number of ether oxygens (including phenoxy) is 1. The third-order valence-corrected chi connectivity index (χ3v) is 4.07. The van der Waals surface area contributed by atoms with Crippen molar-refractivity contribution in [2.24, 2.45) is 0 Å². The molecule has 0 saturated heterocycles. The summed E-state index contributed by atoms with van der Waals surface area (Å²) in [7, 11) is 5.50. The molecule has 0 unspecified atom stereocenters. The zero-order valence-corrected chi connectivity index (χ0v) is 14.3. The van der Waals surface area contributed by atoms with Crippen LogP contribution in [0.25, 0.3) is 10.9 Å². The minimum absolute atomic E-state index is 0.302. The van der Waals surface area contributed by atoms with Crippen LogP contribution < -0.4 is 0 Å². The van der Waals surface area contributed by atoms with Crippen LogP contribution >= 0.6 is 0 Å². The number of benzene rings is 2. The highest BCUT2D eigenvalue weighted by molar-refractivity contribution is 5.96. The summed E-state index contributed by atoms with van der Waals surface area (Å²) >= 11 is 0. The van der Waals surface area contributed by atoms with Gasteiger partial charge in [0.25, 0.3) is 0 Å². The lowest BCUT2D eigenvalue weighted by Crippen LogP contribution is -2.10. The standard InChI is InChI=1S/C20H22N2O2/c1-21(2)13-17-14-22(12-15-7-5-4-6-8-15)19-10-9-16(11-18(17)19)20(23)24-3/h4-11,14H,12-13H2,1-3H3. The van der Waals surface area contributed by atoms with Gasteiger partial charge in [-0.2, -0.15) is 0 Å². The molecule has 1 aromatic heterocycles. The first kappa shape index (κ1) is 16.3. The molecule has 124 valence electrons. The van der Waals surface area contributed by atoms with Crippen molar-refractivity contribution in [2.45, 2.75) is 13.1 Å². The normalized spacial score (nSPS) is 11.2. The van der Waals surface area contributed by atoms with E-state index in [1.54, 1.807) is 0 Å². The van der Waals surface area contributed by atoms with Crippen LogP contribution in [0.3, 0.4) is 0 Å². The molecule has 4 heteroatoms. The first-order valence-corrected chi connectivity index (χ1v) is 7.97. The molecule has 24 heavy (non-hydrogen) atoms. The molecule has 0 aliphatic carbocycles. The Labute approximate surface area is 142 Å². The number of hydrogen-bond acceptors (Lipinski definition) is 3. The topological polar surface area (TPSA) is 34.5 Å². The molecule has 0 atom stereocenters. The quantitative estimate of drug-likeness (QED) is 0.674. The molecule has 0 spiro atoms. The van der Waals surface area contributed by atoms with Crippen LogP contribution in [0.15, 0.2) is 54.7 Å². The van der Waals surface area contributed by atoms with Gasteiger partial charge in [-0.3, -0.25) is 0 Å². The number of rotatable bonds is 5. The van der Waals surface area contributed by atoms with Crippen LogP contribution in [-0.2, 0) is 17.8 Å². The summed E-state index contributed by atoms with van der Waals surface area (Å²) in [5.41, 5.74) is 4.17. The Morgan fingerprint density at radius 1 is 1.12 bits per heavy atom. The van der Waals surface area contributed by atoms with E-state index in [0.29, 0.717) is 5.56 Å². The molecule has 0 aliphatic heterocycles. The van der Waals surface area contributed by atoms with Crippen molar-refractivity contribution in [1.29, 1.82) is 0 Å². The van der Waals surface area contributed by atoms with Crippen LogP contribution in [-0.4, -0.2) is 36.6 Å². The van der Waals surface area contributed by atoms with Crippen LogP contribution in [0.2, 0.25) is 0 Å². The summed E-state index contributed by atoms with van der Waals surface area (Å²) in [4.78, 5) is 14.0. The van der Waals surface area contributed by atoms with Gasteiger partial charge in [-0.15, -0.1) is 0 Å². The fourth-order valence-corrected chi connectivity index (χ4v) is 2.99. The van der Waals surface area contributed by atoms with E-state index in [4.69, 9.17) is 4.74 Å². The molecule has 0 bridgehead atoms. The van der Waals surface area contributed by atoms with Gasteiger partial charge in [0.1, 0.15) is 0 Å². The first-order chi connectivity index (χ1) is 11.6. The maximum absolute atomic E-state index is 11.8. The Morgan fingerprint density at radius 3 is 2.54 bits per heavy atom. The summed E-state index contributed by atoms with van der Waals surface area (Å²) < 4.78 is 7.09. The molecule has 1 heterocycles. The van der Waals surface area contributed by atoms with E-state index < -0.39 is 0 Å². The Morgan fingerprint density at radius 2 is 1.88 bits per heavy atom. The van der Waals surface area contributed by atoms with E-state index >= 15 is 0 Å². The average molecular weight is 322 g/mol. The van der Waals surface area contributed by atoms with Crippen molar-refractivity contribution >= 4 is 16.9 Å². The Hall–Kier alpha value is -2.59. The lowest BCUT2D eigenvalue weighted by Gasteiger charge is -2.08. The van der Waals surface area contributed by atoms with Gasteiger partial charge in [-0.05, 0) is 43.4 Å². The molecule has 3 rings (SSSR count). The third kappa shape index (κ3) is 3.34. The number of esters is 1. The first-order valence-electron chi connectivity index (χ1n) is 7.97. The van der Waals surface area contributed by atoms with E-state index in [1.165, 1.54) is 18.2 Å². The molecule has 0 aliphatic rings. The van der Waals surface area contributed by atoms with Gasteiger partial charge in [0.05, 0.1) is 12.7 Å². The predicted octanol–water partition coefficient (Wildman–Crippen LogP) is 3.54. The molecular weight excluding hydrogens is 300 g/mol. The SMILES string of the molecule is COC(=O)c1ccc2c(c1)c(CN(C)C)cn2Cc1ccccc1. The van der Waals surface area contributed by atoms with Crippen LogP contribution in [0, 0.1) is 0 Å². The van der Waals surface area contributed by atoms with Gasteiger partial charge in [0.15, 0.2) is 0 Å². The second kappa shape index (κ2) is 6.89. The number of aromatic nitrogens is 1. The highest BCUT2D eigenvalue weighted by Crippen LogP contribution is 2.25. The van der Waals surface area contributed by atoms with E-state index in [0.717, 1.165) is 24.0 Å². The lowest BCUT2D eigenvalue weighted by atomic mass is 10.1. The van der Waals surface area contributed by atoms with E-state index in [9.17, 15) is 4.79 Å². The van der Waals surface area contributed by atoms with Gasteiger partial charge in [-0.25, -0.2) is 4.79 Å². The van der Waals surface area contributed by atoms with Gasteiger partial charge in [0, 0.05) is 30.2 Å². The summed E-state index contributed by atoms with van der Waals surface area (Å²) in [6.07, 6.45) is 2.18. The fraction of sp³-hybridized carbons (Fsp3) is 0.250. The van der Waals surface area contributed by atoms with Crippen LogP contribution in [0.5, 0.6) is 0 Å². The lowest BCUT2D eigenvalue weighted by molar-refractivity contribution is 0.0601. The summed E-state index contributed by atoms with van der Waals surface area (Å²) in [5.74, 6) is -0.302. The van der Waals surface area contributed by atoms with Crippen molar-refractivity contribution in [2.75, 3.05) is 21.2 Å². The fourth-order valence-electron chi connectivity index (χ4n) is 2.99. The number of nitrogens with zero attached hydrogens (tertiary/aromatic N) is 2. The molecule has 0 N–H and O–H groups in total.